The molecule has 2 heteroatoms. The maximum atomic E-state index is 2.44. The molecular formula is C46H32N2. The second-order valence-electron chi connectivity index (χ2n) is 12.9. The largest absolute Gasteiger partial charge is 0.309 e. The van der Waals surface area contributed by atoms with Gasteiger partial charge in [-0.3, -0.25) is 0 Å². The van der Waals surface area contributed by atoms with Gasteiger partial charge in [-0.1, -0.05) is 115 Å². The summed E-state index contributed by atoms with van der Waals surface area (Å²) in [6.07, 6.45) is 6.73. The Morgan fingerprint density at radius 2 is 0.854 bits per heavy atom. The van der Waals surface area contributed by atoms with E-state index in [1.807, 2.05) is 0 Å². The normalized spacial score (nSPS) is 13.5. The van der Waals surface area contributed by atoms with Crippen LogP contribution < -0.4 is 0 Å². The van der Waals surface area contributed by atoms with Crippen molar-refractivity contribution in [2.24, 2.45) is 0 Å². The summed E-state index contributed by atoms with van der Waals surface area (Å²) in [7, 11) is 0. The number of benzene rings is 7. The summed E-state index contributed by atoms with van der Waals surface area (Å²) in [6.45, 7) is 0. The predicted octanol–water partition coefficient (Wildman–Crippen LogP) is 12.3. The van der Waals surface area contributed by atoms with Crippen LogP contribution in [0.2, 0.25) is 0 Å². The Morgan fingerprint density at radius 3 is 1.50 bits per heavy atom. The number of rotatable bonds is 4. The topological polar surface area (TPSA) is 9.86 Å². The van der Waals surface area contributed by atoms with Crippen molar-refractivity contribution in [3.63, 3.8) is 0 Å². The van der Waals surface area contributed by atoms with Crippen LogP contribution in [0.1, 0.15) is 24.0 Å². The first-order valence-corrected chi connectivity index (χ1v) is 16.8. The molecule has 7 aromatic carbocycles. The van der Waals surface area contributed by atoms with Gasteiger partial charge in [-0.25, -0.2) is 0 Å². The molecule has 1 aliphatic carbocycles. The van der Waals surface area contributed by atoms with E-state index in [2.05, 4.69) is 179 Å². The third kappa shape index (κ3) is 4.13. The Labute approximate surface area is 279 Å². The molecule has 0 N–H and O–H groups in total. The van der Waals surface area contributed by atoms with Gasteiger partial charge in [-0.2, -0.15) is 0 Å². The fraction of sp³-hybridized carbons (Fsp3) is 0.0435. The molecule has 0 radical (unpaired) electrons. The predicted molar refractivity (Wildman–Crippen MR) is 204 cm³/mol. The summed E-state index contributed by atoms with van der Waals surface area (Å²) in [4.78, 5) is 0. The highest BCUT2D eigenvalue weighted by molar-refractivity contribution is 6.12. The molecule has 0 saturated heterocycles. The smallest absolute Gasteiger partial charge is 0.0541 e. The first kappa shape index (κ1) is 27.0. The van der Waals surface area contributed by atoms with Crippen LogP contribution in [0, 0.1) is 0 Å². The highest BCUT2D eigenvalue weighted by Crippen LogP contribution is 2.39. The first-order valence-electron chi connectivity index (χ1n) is 16.8. The van der Waals surface area contributed by atoms with Gasteiger partial charge < -0.3 is 9.13 Å². The second-order valence-corrected chi connectivity index (χ2v) is 12.9. The van der Waals surface area contributed by atoms with Crippen LogP contribution in [-0.4, -0.2) is 9.13 Å². The molecule has 0 bridgehead atoms. The summed E-state index contributed by atoms with van der Waals surface area (Å²) in [5.41, 5.74) is 12.8. The van der Waals surface area contributed by atoms with E-state index in [9.17, 15) is 0 Å². The molecular weight excluding hydrogens is 581 g/mol. The monoisotopic (exact) mass is 612 g/mol. The average Bonchev–Trinajstić information content (AvgIpc) is 3.67. The molecule has 10 rings (SSSR count). The fourth-order valence-corrected chi connectivity index (χ4v) is 7.98. The standard InChI is InChI=1S/C46H32N2/c1-2-13-36(14-3-1)47-43-18-8-6-16-38(43)40-29-34(25-27-45(40)47)31-21-23-32(24-22-31)35-26-28-46-41(30-35)39-17-7-9-19-44(39)48(46)42-20-10-12-33-11-4-5-15-37(33)42/h1-21,23,25-30H,22,24H2. The van der Waals surface area contributed by atoms with Crippen molar-refractivity contribution in [2.45, 2.75) is 12.8 Å². The van der Waals surface area contributed by atoms with Crippen LogP contribution in [0.3, 0.4) is 0 Å². The highest BCUT2D eigenvalue weighted by Gasteiger charge is 2.18. The SMILES string of the molecule is C1=C(c2ccc3c(c2)c2ccccc2n3-c2ccccc2)CCC(c2ccc3c(c2)c2ccccc2n3-c2cccc3ccccc23)=C1. The van der Waals surface area contributed by atoms with Crippen molar-refractivity contribution in [2.75, 3.05) is 0 Å². The van der Waals surface area contributed by atoms with Gasteiger partial charge in [0.05, 0.1) is 27.8 Å². The summed E-state index contributed by atoms with van der Waals surface area (Å²) in [5, 5.41) is 7.71. The molecule has 0 fully saturated rings. The van der Waals surface area contributed by atoms with Crippen molar-refractivity contribution >= 4 is 65.5 Å². The van der Waals surface area contributed by atoms with Crippen LogP contribution >= 0.6 is 0 Å². The minimum Gasteiger partial charge on any atom is -0.309 e. The zero-order chi connectivity index (χ0) is 31.6. The van der Waals surface area contributed by atoms with Crippen molar-refractivity contribution in [3.8, 4) is 11.4 Å². The molecule has 48 heavy (non-hydrogen) atoms. The number of hydrogen-bond acceptors (Lipinski definition) is 0. The molecule has 0 saturated carbocycles. The molecule has 0 unspecified atom stereocenters. The lowest BCUT2D eigenvalue weighted by Crippen LogP contribution is -1.96. The minimum atomic E-state index is 1.02. The van der Waals surface area contributed by atoms with Crippen molar-refractivity contribution in [3.05, 3.63) is 181 Å². The Morgan fingerprint density at radius 1 is 0.354 bits per heavy atom. The van der Waals surface area contributed by atoms with E-state index in [4.69, 9.17) is 0 Å². The van der Waals surface area contributed by atoms with E-state index < -0.39 is 0 Å². The number of fused-ring (bicyclic) bond motifs is 7. The summed E-state index contributed by atoms with van der Waals surface area (Å²) >= 11 is 0. The third-order valence-corrected chi connectivity index (χ3v) is 10.3. The molecule has 9 aromatic rings. The van der Waals surface area contributed by atoms with Gasteiger partial charge in [0.2, 0.25) is 0 Å². The number of nitrogens with zero attached hydrogens (tertiary/aromatic N) is 2. The number of hydrogen-bond donors (Lipinski definition) is 0. The zero-order valence-corrected chi connectivity index (χ0v) is 26.5. The van der Waals surface area contributed by atoms with Crippen molar-refractivity contribution < 1.29 is 0 Å². The van der Waals surface area contributed by atoms with Crippen LogP contribution in [0.25, 0.3) is 76.9 Å². The van der Waals surface area contributed by atoms with E-state index in [0.29, 0.717) is 0 Å². The molecule has 226 valence electrons. The third-order valence-electron chi connectivity index (χ3n) is 10.3. The Balaban J connectivity index is 1.06. The fourth-order valence-electron chi connectivity index (χ4n) is 7.98. The van der Waals surface area contributed by atoms with E-state index in [1.54, 1.807) is 0 Å². The highest BCUT2D eigenvalue weighted by atomic mass is 15.0. The Kier molecular flexibility index (Phi) is 6.04. The molecule has 0 atom stereocenters. The average molecular weight is 613 g/mol. The molecule has 2 nitrogen and oxygen atoms in total. The van der Waals surface area contributed by atoms with Crippen molar-refractivity contribution in [1.82, 2.24) is 9.13 Å². The number of allylic oxidation sites excluding steroid dienone is 4. The van der Waals surface area contributed by atoms with Gasteiger partial charge in [0.25, 0.3) is 0 Å². The summed E-state index contributed by atoms with van der Waals surface area (Å²) < 4.78 is 4.82. The number of aromatic nitrogens is 2. The van der Waals surface area contributed by atoms with Gasteiger partial charge in [-0.15, -0.1) is 0 Å². The first-order chi connectivity index (χ1) is 23.8. The van der Waals surface area contributed by atoms with Gasteiger partial charge in [0, 0.05) is 32.6 Å². The van der Waals surface area contributed by atoms with Crippen LogP contribution in [0.4, 0.5) is 0 Å². The lowest BCUT2D eigenvalue weighted by atomic mass is 9.89. The zero-order valence-electron chi connectivity index (χ0n) is 26.5. The van der Waals surface area contributed by atoms with Gasteiger partial charge in [0.15, 0.2) is 0 Å². The maximum absolute atomic E-state index is 2.44. The maximum Gasteiger partial charge on any atom is 0.0541 e. The van der Waals surface area contributed by atoms with Gasteiger partial charge >= 0.3 is 0 Å². The Bertz CT molecular complexity index is 2760. The minimum absolute atomic E-state index is 1.02. The van der Waals surface area contributed by atoms with Crippen LogP contribution in [-0.2, 0) is 0 Å². The lowest BCUT2D eigenvalue weighted by molar-refractivity contribution is 1.07. The van der Waals surface area contributed by atoms with Gasteiger partial charge in [-0.05, 0) is 95.1 Å². The Hall–Kier alpha value is -6.12. The van der Waals surface area contributed by atoms with E-state index in [1.165, 1.54) is 88.0 Å². The van der Waals surface area contributed by atoms with Gasteiger partial charge in [0.1, 0.15) is 0 Å². The molecule has 0 aliphatic heterocycles. The van der Waals surface area contributed by atoms with Crippen molar-refractivity contribution in [1.29, 1.82) is 0 Å². The van der Waals surface area contributed by atoms with Crippen LogP contribution in [0.5, 0.6) is 0 Å². The van der Waals surface area contributed by atoms with E-state index in [-0.39, 0.29) is 0 Å². The molecule has 1 aliphatic rings. The van der Waals surface area contributed by atoms with E-state index >= 15 is 0 Å². The molecule has 2 aromatic heterocycles. The van der Waals surface area contributed by atoms with E-state index in [0.717, 1.165) is 12.8 Å². The summed E-state index contributed by atoms with van der Waals surface area (Å²) in [5.74, 6) is 0. The lowest BCUT2D eigenvalue weighted by Gasteiger charge is -2.16. The molecule has 2 heterocycles. The molecule has 0 spiro atoms. The van der Waals surface area contributed by atoms with Crippen LogP contribution in [0.15, 0.2) is 170 Å². The second kappa shape index (κ2) is 10.7. The quantitative estimate of drug-likeness (QED) is 0.187. The number of para-hydroxylation sites is 3. The summed E-state index contributed by atoms with van der Waals surface area (Å²) in [6, 6.07) is 57.6. The molecule has 0 amide bonds.